The lowest BCUT2D eigenvalue weighted by atomic mass is 9.95. The minimum Gasteiger partial charge on any atom is -0.496 e. The summed E-state index contributed by atoms with van der Waals surface area (Å²) in [6.07, 6.45) is 0.924. The van der Waals surface area contributed by atoms with E-state index in [2.05, 4.69) is 24.8 Å². The first kappa shape index (κ1) is 18.0. The first-order chi connectivity index (χ1) is 10.2. The van der Waals surface area contributed by atoms with Crippen LogP contribution in [0.2, 0.25) is 0 Å². The molecule has 1 aromatic carbocycles. The summed E-state index contributed by atoms with van der Waals surface area (Å²) in [4.78, 5) is 2.38. The molecule has 0 radical (unpaired) electrons. The van der Waals surface area contributed by atoms with Crippen molar-refractivity contribution in [2.24, 2.45) is 5.73 Å². The Labute approximate surface area is 129 Å². The zero-order valence-electron chi connectivity index (χ0n) is 13.8. The van der Waals surface area contributed by atoms with Gasteiger partial charge in [0.25, 0.3) is 0 Å². The van der Waals surface area contributed by atoms with Crippen LogP contribution in [0.3, 0.4) is 0 Å². The van der Waals surface area contributed by atoms with Gasteiger partial charge in [-0.3, -0.25) is 4.90 Å². The van der Waals surface area contributed by atoms with E-state index in [0.29, 0.717) is 0 Å². The Morgan fingerprint density at radius 2 is 1.90 bits per heavy atom. The molecule has 2 N–H and O–H groups in total. The van der Waals surface area contributed by atoms with Crippen LogP contribution in [-0.2, 0) is 4.74 Å². The summed E-state index contributed by atoms with van der Waals surface area (Å²) in [5, 5.41) is 0. The summed E-state index contributed by atoms with van der Waals surface area (Å²) in [7, 11) is 1.71. The number of nitrogens with two attached hydrogens (primary N) is 1. The van der Waals surface area contributed by atoms with Gasteiger partial charge in [0.15, 0.2) is 0 Å². The Hall–Kier alpha value is -1.10. The Morgan fingerprint density at radius 3 is 2.48 bits per heavy atom. The van der Waals surface area contributed by atoms with E-state index in [1.54, 1.807) is 7.11 Å². The molecule has 0 aliphatic rings. The van der Waals surface area contributed by atoms with E-state index in [1.807, 2.05) is 25.1 Å². The molecule has 0 aliphatic carbocycles. The van der Waals surface area contributed by atoms with E-state index in [9.17, 15) is 0 Å². The van der Waals surface area contributed by atoms with Gasteiger partial charge in [0.05, 0.1) is 19.8 Å². The number of ether oxygens (including phenoxy) is 2. The highest BCUT2D eigenvalue weighted by atomic mass is 16.5. The molecule has 0 amide bonds. The zero-order chi connectivity index (χ0) is 15.7. The molecule has 1 aromatic rings. The quantitative estimate of drug-likeness (QED) is 0.674. The van der Waals surface area contributed by atoms with Crippen LogP contribution < -0.4 is 10.5 Å². The van der Waals surface area contributed by atoms with E-state index in [0.717, 1.165) is 44.0 Å². The highest BCUT2D eigenvalue weighted by molar-refractivity contribution is 5.36. The van der Waals surface area contributed by atoms with Crippen molar-refractivity contribution in [2.45, 2.75) is 39.3 Å². The molecule has 0 aliphatic heterocycles. The van der Waals surface area contributed by atoms with Crippen molar-refractivity contribution < 1.29 is 9.47 Å². The molecule has 0 fully saturated rings. The Balaban J connectivity index is 3.02. The SMILES string of the molecule is CCOCCN(CC)C(c1ccccc1OC)C(N)CC. The van der Waals surface area contributed by atoms with Crippen molar-refractivity contribution in [3.8, 4) is 5.75 Å². The van der Waals surface area contributed by atoms with Gasteiger partial charge in [-0.2, -0.15) is 0 Å². The number of para-hydroxylation sites is 1. The number of benzene rings is 1. The summed E-state index contributed by atoms with van der Waals surface area (Å²) in [6, 6.07) is 8.37. The lowest BCUT2D eigenvalue weighted by molar-refractivity contribution is 0.0880. The van der Waals surface area contributed by atoms with E-state index >= 15 is 0 Å². The zero-order valence-corrected chi connectivity index (χ0v) is 13.8. The third-order valence-electron chi connectivity index (χ3n) is 3.86. The molecule has 1 rings (SSSR count). The van der Waals surface area contributed by atoms with Gasteiger partial charge >= 0.3 is 0 Å². The molecule has 0 spiro atoms. The largest absolute Gasteiger partial charge is 0.496 e. The van der Waals surface area contributed by atoms with Crippen molar-refractivity contribution >= 4 is 0 Å². The van der Waals surface area contributed by atoms with Crippen LogP contribution >= 0.6 is 0 Å². The third-order valence-corrected chi connectivity index (χ3v) is 3.86. The first-order valence-corrected chi connectivity index (χ1v) is 7.89. The fraction of sp³-hybridized carbons (Fsp3) is 0.647. The molecule has 2 unspecified atom stereocenters. The van der Waals surface area contributed by atoms with E-state index in [4.69, 9.17) is 15.2 Å². The minimum absolute atomic E-state index is 0.0721. The minimum atomic E-state index is 0.0721. The van der Waals surface area contributed by atoms with Crippen molar-refractivity contribution in [3.05, 3.63) is 29.8 Å². The molecule has 120 valence electrons. The van der Waals surface area contributed by atoms with Crippen LogP contribution in [0.5, 0.6) is 5.75 Å². The second-order valence-corrected chi connectivity index (χ2v) is 5.08. The van der Waals surface area contributed by atoms with Crippen molar-refractivity contribution in [3.63, 3.8) is 0 Å². The van der Waals surface area contributed by atoms with Crippen LogP contribution in [0, 0.1) is 0 Å². The maximum absolute atomic E-state index is 6.42. The molecule has 0 heterocycles. The lowest BCUT2D eigenvalue weighted by Gasteiger charge is -2.35. The van der Waals surface area contributed by atoms with Gasteiger partial charge in [-0.05, 0) is 26.0 Å². The van der Waals surface area contributed by atoms with E-state index in [-0.39, 0.29) is 12.1 Å². The van der Waals surface area contributed by atoms with Crippen LogP contribution in [0.15, 0.2) is 24.3 Å². The standard InChI is InChI=1S/C17H30N2O2/c1-5-15(18)17(19(6-2)12-13-21-7-3)14-10-8-9-11-16(14)20-4/h8-11,15,17H,5-7,12-13,18H2,1-4H3. The molecule has 0 saturated carbocycles. The number of methoxy groups -OCH3 is 1. The highest BCUT2D eigenvalue weighted by Gasteiger charge is 2.27. The summed E-state index contributed by atoms with van der Waals surface area (Å²) in [6.45, 7) is 9.60. The predicted octanol–water partition coefficient (Wildman–Crippen LogP) is 2.83. The summed E-state index contributed by atoms with van der Waals surface area (Å²) < 4.78 is 11.0. The van der Waals surface area contributed by atoms with Crippen LogP contribution in [0.25, 0.3) is 0 Å². The van der Waals surface area contributed by atoms with E-state index in [1.165, 1.54) is 0 Å². The molecular formula is C17H30N2O2. The average Bonchev–Trinajstić information content (AvgIpc) is 2.53. The third kappa shape index (κ3) is 4.99. The molecule has 0 aromatic heterocycles. The van der Waals surface area contributed by atoms with Crippen molar-refractivity contribution in [2.75, 3.05) is 33.4 Å². The smallest absolute Gasteiger partial charge is 0.123 e. The maximum Gasteiger partial charge on any atom is 0.123 e. The fourth-order valence-corrected chi connectivity index (χ4v) is 2.65. The molecule has 4 heteroatoms. The van der Waals surface area contributed by atoms with Gasteiger partial charge in [0, 0.05) is 24.8 Å². The predicted molar refractivity (Wildman–Crippen MR) is 87.7 cm³/mol. The monoisotopic (exact) mass is 294 g/mol. The number of rotatable bonds is 10. The number of likely N-dealkylation sites (N-methyl/N-ethyl adjacent to an activating group) is 1. The Bertz CT molecular complexity index is 398. The second kappa shape index (κ2) is 9.77. The summed E-state index contributed by atoms with van der Waals surface area (Å²) in [5.41, 5.74) is 7.58. The highest BCUT2D eigenvalue weighted by Crippen LogP contribution is 2.32. The van der Waals surface area contributed by atoms with Crippen molar-refractivity contribution in [1.82, 2.24) is 4.90 Å². The Kier molecular flexibility index (Phi) is 8.35. The van der Waals surface area contributed by atoms with Gasteiger partial charge in [-0.1, -0.05) is 32.0 Å². The van der Waals surface area contributed by atoms with Gasteiger partial charge in [0.2, 0.25) is 0 Å². The molecular weight excluding hydrogens is 264 g/mol. The molecule has 0 saturated heterocycles. The molecule has 4 nitrogen and oxygen atoms in total. The topological polar surface area (TPSA) is 47.7 Å². The van der Waals surface area contributed by atoms with E-state index < -0.39 is 0 Å². The average molecular weight is 294 g/mol. The number of nitrogens with zero attached hydrogens (tertiary/aromatic N) is 1. The maximum atomic E-state index is 6.42. The number of hydrogen-bond donors (Lipinski definition) is 1. The Morgan fingerprint density at radius 1 is 1.19 bits per heavy atom. The van der Waals surface area contributed by atoms with Gasteiger partial charge in [0.1, 0.15) is 5.75 Å². The van der Waals surface area contributed by atoms with Gasteiger partial charge in [-0.25, -0.2) is 0 Å². The normalized spacial score (nSPS) is 14.2. The molecule has 0 bridgehead atoms. The second-order valence-electron chi connectivity index (χ2n) is 5.08. The fourth-order valence-electron chi connectivity index (χ4n) is 2.65. The number of hydrogen-bond acceptors (Lipinski definition) is 4. The van der Waals surface area contributed by atoms with Gasteiger partial charge < -0.3 is 15.2 Å². The summed E-state index contributed by atoms with van der Waals surface area (Å²) >= 11 is 0. The van der Waals surface area contributed by atoms with Crippen LogP contribution in [0.4, 0.5) is 0 Å². The summed E-state index contributed by atoms with van der Waals surface area (Å²) in [5.74, 6) is 0.904. The lowest BCUT2D eigenvalue weighted by Crippen LogP contribution is -2.42. The van der Waals surface area contributed by atoms with Crippen LogP contribution in [-0.4, -0.2) is 44.4 Å². The van der Waals surface area contributed by atoms with Crippen molar-refractivity contribution in [1.29, 1.82) is 0 Å². The van der Waals surface area contributed by atoms with Crippen LogP contribution in [0.1, 0.15) is 38.8 Å². The van der Waals surface area contributed by atoms with Gasteiger partial charge in [-0.15, -0.1) is 0 Å². The molecule has 2 atom stereocenters. The first-order valence-electron chi connectivity index (χ1n) is 7.89. The molecule has 21 heavy (non-hydrogen) atoms.